The molecule has 0 atom stereocenters. The van der Waals surface area contributed by atoms with Crippen molar-refractivity contribution in [2.75, 3.05) is 19.6 Å². The van der Waals surface area contributed by atoms with E-state index in [1.165, 1.54) is 5.56 Å². The standard InChI is InChI=1S/C23H26ClN5O/c24-21-8-6-20(7-9-21)16-29-17-22(26-27-29)23(30)25-14-18-10-12-28(13-11-18)15-19-4-2-1-3-5-19/h1-9,17-18H,10-16H2,(H,25,30). The second-order valence-corrected chi connectivity index (χ2v) is 8.28. The quantitative estimate of drug-likeness (QED) is 0.630. The van der Waals surface area contributed by atoms with E-state index in [2.05, 4.69) is 50.9 Å². The smallest absolute Gasteiger partial charge is 0.273 e. The van der Waals surface area contributed by atoms with E-state index in [0.29, 0.717) is 29.7 Å². The summed E-state index contributed by atoms with van der Waals surface area (Å²) in [5.41, 5.74) is 2.76. The zero-order chi connectivity index (χ0) is 20.8. The van der Waals surface area contributed by atoms with Crippen LogP contribution in [0.3, 0.4) is 0 Å². The lowest BCUT2D eigenvalue weighted by Gasteiger charge is -2.32. The Labute approximate surface area is 181 Å². The van der Waals surface area contributed by atoms with Crippen LogP contribution in [0, 0.1) is 5.92 Å². The van der Waals surface area contributed by atoms with Crippen LogP contribution in [-0.2, 0) is 13.1 Å². The summed E-state index contributed by atoms with van der Waals surface area (Å²) in [6.45, 7) is 4.36. The van der Waals surface area contributed by atoms with Crippen molar-refractivity contribution in [1.82, 2.24) is 25.2 Å². The topological polar surface area (TPSA) is 63.1 Å². The molecule has 156 valence electrons. The van der Waals surface area contributed by atoms with Gasteiger partial charge in [-0.1, -0.05) is 59.3 Å². The van der Waals surface area contributed by atoms with E-state index in [9.17, 15) is 4.79 Å². The van der Waals surface area contributed by atoms with Gasteiger partial charge in [-0.05, 0) is 55.1 Å². The van der Waals surface area contributed by atoms with Gasteiger partial charge in [0.05, 0.1) is 12.7 Å². The van der Waals surface area contributed by atoms with Crippen LogP contribution in [0.15, 0.2) is 60.8 Å². The Morgan fingerprint density at radius 2 is 1.70 bits per heavy atom. The Kier molecular flexibility index (Phi) is 6.77. The van der Waals surface area contributed by atoms with Crippen LogP contribution < -0.4 is 5.32 Å². The average molecular weight is 424 g/mol. The molecule has 7 heteroatoms. The molecule has 2 aromatic carbocycles. The number of carbonyl (C=O) groups excluding carboxylic acids is 1. The van der Waals surface area contributed by atoms with E-state index in [-0.39, 0.29) is 5.91 Å². The molecule has 0 spiro atoms. The molecule has 1 aliphatic heterocycles. The number of hydrogen-bond donors (Lipinski definition) is 1. The molecule has 1 N–H and O–H groups in total. The fourth-order valence-corrected chi connectivity index (χ4v) is 3.90. The van der Waals surface area contributed by atoms with E-state index in [0.717, 1.165) is 38.0 Å². The Balaban J connectivity index is 1.21. The van der Waals surface area contributed by atoms with Gasteiger partial charge >= 0.3 is 0 Å². The van der Waals surface area contributed by atoms with Crippen molar-refractivity contribution in [2.45, 2.75) is 25.9 Å². The van der Waals surface area contributed by atoms with Gasteiger partial charge in [-0.2, -0.15) is 0 Å². The van der Waals surface area contributed by atoms with E-state index < -0.39 is 0 Å². The molecule has 0 unspecified atom stereocenters. The third kappa shape index (κ3) is 5.68. The molecule has 1 amide bonds. The van der Waals surface area contributed by atoms with Gasteiger partial charge in [-0.25, -0.2) is 4.68 Å². The van der Waals surface area contributed by atoms with Crippen LogP contribution in [0.1, 0.15) is 34.5 Å². The van der Waals surface area contributed by atoms with E-state index in [4.69, 9.17) is 11.6 Å². The molecular weight excluding hydrogens is 398 g/mol. The second kappa shape index (κ2) is 9.87. The molecule has 0 saturated carbocycles. The summed E-state index contributed by atoms with van der Waals surface area (Å²) < 4.78 is 1.67. The van der Waals surface area contributed by atoms with E-state index in [1.807, 2.05) is 24.3 Å². The first-order valence-electron chi connectivity index (χ1n) is 10.3. The summed E-state index contributed by atoms with van der Waals surface area (Å²) in [7, 11) is 0. The van der Waals surface area contributed by atoms with Gasteiger partial charge < -0.3 is 5.32 Å². The molecule has 3 aromatic rings. The first-order chi connectivity index (χ1) is 14.7. The number of nitrogens with one attached hydrogen (secondary N) is 1. The van der Waals surface area contributed by atoms with Gasteiger partial charge in [0.15, 0.2) is 5.69 Å². The van der Waals surface area contributed by atoms with Crippen LogP contribution in [0.2, 0.25) is 5.02 Å². The number of piperidine rings is 1. The molecule has 6 nitrogen and oxygen atoms in total. The number of rotatable bonds is 7. The van der Waals surface area contributed by atoms with Crippen molar-refractivity contribution in [2.24, 2.45) is 5.92 Å². The molecule has 1 aliphatic rings. The summed E-state index contributed by atoms with van der Waals surface area (Å²) in [4.78, 5) is 14.9. The largest absolute Gasteiger partial charge is 0.350 e. The van der Waals surface area contributed by atoms with E-state index >= 15 is 0 Å². The molecule has 1 saturated heterocycles. The average Bonchev–Trinajstić information content (AvgIpc) is 3.24. The van der Waals surface area contributed by atoms with Crippen LogP contribution in [0.4, 0.5) is 0 Å². The number of aromatic nitrogens is 3. The van der Waals surface area contributed by atoms with Crippen molar-refractivity contribution < 1.29 is 4.79 Å². The maximum Gasteiger partial charge on any atom is 0.273 e. The number of amides is 1. The van der Waals surface area contributed by atoms with Gasteiger partial charge in [-0.15, -0.1) is 5.10 Å². The first kappa shape index (κ1) is 20.6. The predicted molar refractivity (Wildman–Crippen MR) is 117 cm³/mol. The van der Waals surface area contributed by atoms with Gasteiger partial charge in [0, 0.05) is 18.1 Å². The van der Waals surface area contributed by atoms with Crippen molar-refractivity contribution in [3.63, 3.8) is 0 Å². The van der Waals surface area contributed by atoms with Crippen molar-refractivity contribution in [3.8, 4) is 0 Å². The van der Waals surface area contributed by atoms with Gasteiger partial charge in [0.2, 0.25) is 0 Å². The zero-order valence-corrected chi connectivity index (χ0v) is 17.6. The highest BCUT2D eigenvalue weighted by Gasteiger charge is 2.20. The maximum atomic E-state index is 12.4. The number of hydrogen-bond acceptors (Lipinski definition) is 4. The summed E-state index contributed by atoms with van der Waals surface area (Å²) in [5, 5.41) is 11.8. The summed E-state index contributed by atoms with van der Waals surface area (Å²) in [5.74, 6) is 0.342. The van der Waals surface area contributed by atoms with Crippen molar-refractivity contribution >= 4 is 17.5 Å². The lowest BCUT2D eigenvalue weighted by molar-refractivity contribution is 0.0930. The normalized spacial score (nSPS) is 15.2. The number of carbonyl (C=O) groups is 1. The summed E-state index contributed by atoms with van der Waals surface area (Å²) >= 11 is 5.91. The molecule has 2 heterocycles. The SMILES string of the molecule is O=C(NCC1CCN(Cc2ccccc2)CC1)c1cn(Cc2ccc(Cl)cc2)nn1. The highest BCUT2D eigenvalue weighted by Crippen LogP contribution is 2.18. The van der Waals surface area contributed by atoms with Crippen molar-refractivity contribution in [3.05, 3.63) is 82.6 Å². The number of benzene rings is 2. The number of halogens is 1. The van der Waals surface area contributed by atoms with Crippen molar-refractivity contribution in [1.29, 1.82) is 0 Å². The van der Waals surface area contributed by atoms with Crippen LogP contribution in [0.25, 0.3) is 0 Å². The van der Waals surface area contributed by atoms with Crippen LogP contribution in [0.5, 0.6) is 0 Å². The molecule has 1 aromatic heterocycles. The monoisotopic (exact) mass is 423 g/mol. The molecule has 0 aliphatic carbocycles. The van der Waals surface area contributed by atoms with Gasteiger partial charge in [-0.3, -0.25) is 9.69 Å². The minimum absolute atomic E-state index is 0.163. The second-order valence-electron chi connectivity index (χ2n) is 7.84. The first-order valence-corrected chi connectivity index (χ1v) is 10.7. The third-order valence-electron chi connectivity index (χ3n) is 5.54. The molecule has 1 fully saturated rings. The summed E-state index contributed by atoms with van der Waals surface area (Å²) in [6, 6.07) is 18.1. The fraction of sp³-hybridized carbons (Fsp3) is 0.348. The van der Waals surface area contributed by atoms with E-state index in [1.54, 1.807) is 10.9 Å². The van der Waals surface area contributed by atoms with Gasteiger partial charge in [0.25, 0.3) is 5.91 Å². The zero-order valence-electron chi connectivity index (χ0n) is 16.9. The molecule has 0 radical (unpaired) electrons. The highest BCUT2D eigenvalue weighted by molar-refractivity contribution is 6.30. The molecular formula is C23H26ClN5O. The Morgan fingerprint density at radius 1 is 1.00 bits per heavy atom. The Morgan fingerprint density at radius 3 is 2.43 bits per heavy atom. The lowest BCUT2D eigenvalue weighted by atomic mass is 9.96. The highest BCUT2D eigenvalue weighted by atomic mass is 35.5. The maximum absolute atomic E-state index is 12.4. The predicted octanol–water partition coefficient (Wildman–Crippen LogP) is 3.62. The third-order valence-corrected chi connectivity index (χ3v) is 5.79. The van der Waals surface area contributed by atoms with Crippen LogP contribution >= 0.6 is 11.6 Å². The Bertz CT molecular complexity index is 949. The summed E-state index contributed by atoms with van der Waals surface area (Å²) in [6.07, 6.45) is 3.87. The van der Waals surface area contributed by atoms with Crippen LogP contribution in [-0.4, -0.2) is 45.4 Å². The fourth-order valence-electron chi connectivity index (χ4n) is 3.77. The van der Waals surface area contributed by atoms with Gasteiger partial charge in [0.1, 0.15) is 0 Å². The minimum atomic E-state index is -0.163. The number of likely N-dealkylation sites (tertiary alicyclic amines) is 1. The molecule has 0 bridgehead atoms. The molecule has 30 heavy (non-hydrogen) atoms. The Hall–Kier alpha value is -2.70. The minimum Gasteiger partial charge on any atom is -0.350 e. The lowest BCUT2D eigenvalue weighted by Crippen LogP contribution is -2.38. The molecule has 4 rings (SSSR count). The number of nitrogens with zero attached hydrogens (tertiary/aromatic N) is 4.